The zero-order valence-electron chi connectivity index (χ0n) is 23.6. The molecule has 214 valence electrons. The van der Waals surface area contributed by atoms with E-state index < -0.39 is 28.5 Å². The Bertz CT molecular complexity index is 1330. The molecule has 0 radical (unpaired) electrons. The average molecular weight is 566 g/mol. The fraction of sp³-hybridized carbons (Fsp3) is 0.355. The molecule has 0 heterocycles. The number of rotatable bonds is 14. The number of benzene rings is 3. The highest BCUT2D eigenvalue weighted by Gasteiger charge is 2.32. The van der Waals surface area contributed by atoms with Crippen LogP contribution >= 0.6 is 0 Å². The fourth-order valence-corrected chi connectivity index (χ4v) is 5.05. The second-order valence-corrected chi connectivity index (χ2v) is 11.7. The number of nitrogens with zero attached hydrogens (tertiary/aromatic N) is 2. The number of sulfonamides is 1. The third-order valence-electron chi connectivity index (χ3n) is 6.63. The standard InChI is InChI=1S/C31H39N3O5S/c1-5-24(3)32-31(36)29(6-2)33(21-25-13-9-7-10-14-25)30(35)22-34(40(4,37)38)27-17-19-28(20-18-27)39-23-26-15-11-8-12-16-26/h7-20,24,29H,5-6,21-23H2,1-4H3,(H,32,36)/t24-,29-/m0/s1. The number of hydrogen-bond donors (Lipinski definition) is 1. The van der Waals surface area contributed by atoms with Crippen LogP contribution in [-0.2, 0) is 32.8 Å². The lowest BCUT2D eigenvalue weighted by Crippen LogP contribution is -2.53. The Hall–Kier alpha value is -3.85. The van der Waals surface area contributed by atoms with Gasteiger partial charge < -0.3 is 15.0 Å². The van der Waals surface area contributed by atoms with Crippen molar-refractivity contribution in [1.82, 2.24) is 10.2 Å². The van der Waals surface area contributed by atoms with Crippen LogP contribution in [0.15, 0.2) is 84.9 Å². The predicted octanol–water partition coefficient (Wildman–Crippen LogP) is 4.75. The predicted molar refractivity (Wildman–Crippen MR) is 158 cm³/mol. The Morgan fingerprint density at radius 1 is 0.850 bits per heavy atom. The lowest BCUT2D eigenvalue weighted by Gasteiger charge is -2.33. The largest absolute Gasteiger partial charge is 0.489 e. The van der Waals surface area contributed by atoms with E-state index in [1.54, 1.807) is 24.3 Å². The fourth-order valence-electron chi connectivity index (χ4n) is 4.20. The van der Waals surface area contributed by atoms with Gasteiger partial charge in [0, 0.05) is 12.6 Å². The van der Waals surface area contributed by atoms with Crippen molar-refractivity contribution in [1.29, 1.82) is 0 Å². The van der Waals surface area contributed by atoms with Crippen molar-refractivity contribution < 1.29 is 22.7 Å². The van der Waals surface area contributed by atoms with Crippen LogP contribution in [0.2, 0.25) is 0 Å². The summed E-state index contributed by atoms with van der Waals surface area (Å²) >= 11 is 0. The van der Waals surface area contributed by atoms with E-state index in [0.29, 0.717) is 24.5 Å². The molecule has 0 aliphatic heterocycles. The van der Waals surface area contributed by atoms with E-state index in [9.17, 15) is 18.0 Å². The molecule has 2 atom stereocenters. The minimum atomic E-state index is -3.82. The summed E-state index contributed by atoms with van der Waals surface area (Å²) in [5, 5.41) is 2.97. The summed E-state index contributed by atoms with van der Waals surface area (Å²) in [4.78, 5) is 28.4. The van der Waals surface area contributed by atoms with Gasteiger partial charge in [0.2, 0.25) is 21.8 Å². The van der Waals surface area contributed by atoms with Crippen LogP contribution in [-0.4, -0.2) is 50.0 Å². The summed E-state index contributed by atoms with van der Waals surface area (Å²) in [6.07, 6.45) is 2.20. The van der Waals surface area contributed by atoms with E-state index in [4.69, 9.17) is 4.74 Å². The normalized spacial score (nSPS) is 12.7. The van der Waals surface area contributed by atoms with Gasteiger partial charge in [-0.15, -0.1) is 0 Å². The van der Waals surface area contributed by atoms with Crippen molar-refractivity contribution in [2.24, 2.45) is 0 Å². The average Bonchev–Trinajstić information content (AvgIpc) is 2.95. The monoisotopic (exact) mass is 565 g/mol. The van der Waals surface area contributed by atoms with Gasteiger partial charge in [-0.25, -0.2) is 8.42 Å². The van der Waals surface area contributed by atoms with Gasteiger partial charge in [-0.1, -0.05) is 74.5 Å². The molecule has 9 heteroatoms. The van der Waals surface area contributed by atoms with Gasteiger partial charge >= 0.3 is 0 Å². The quantitative estimate of drug-likeness (QED) is 0.304. The minimum absolute atomic E-state index is 0.0506. The van der Waals surface area contributed by atoms with E-state index >= 15 is 0 Å². The zero-order valence-corrected chi connectivity index (χ0v) is 24.4. The van der Waals surface area contributed by atoms with Crippen LogP contribution in [0, 0.1) is 0 Å². The highest BCUT2D eigenvalue weighted by atomic mass is 32.2. The van der Waals surface area contributed by atoms with Gasteiger partial charge in [0.25, 0.3) is 0 Å². The molecular weight excluding hydrogens is 526 g/mol. The highest BCUT2D eigenvalue weighted by molar-refractivity contribution is 7.92. The van der Waals surface area contributed by atoms with Crippen molar-refractivity contribution in [2.45, 2.75) is 58.8 Å². The summed E-state index contributed by atoms with van der Waals surface area (Å²) in [6, 6.07) is 24.8. The first-order valence-corrected chi connectivity index (χ1v) is 15.4. The van der Waals surface area contributed by atoms with Crippen LogP contribution in [0.5, 0.6) is 5.75 Å². The lowest BCUT2D eigenvalue weighted by molar-refractivity contribution is -0.140. The SMILES string of the molecule is CC[C@H](C)NC(=O)[C@H](CC)N(Cc1ccccc1)C(=O)CN(c1ccc(OCc2ccccc2)cc1)S(C)(=O)=O. The third kappa shape index (κ3) is 8.84. The Balaban J connectivity index is 1.83. The Morgan fingerprint density at radius 3 is 1.95 bits per heavy atom. The van der Waals surface area contributed by atoms with Gasteiger partial charge in [-0.3, -0.25) is 13.9 Å². The summed E-state index contributed by atoms with van der Waals surface area (Å²) in [5.74, 6) is -0.150. The molecule has 8 nitrogen and oxygen atoms in total. The first-order valence-electron chi connectivity index (χ1n) is 13.5. The van der Waals surface area contributed by atoms with Crippen molar-refractivity contribution in [3.05, 3.63) is 96.1 Å². The smallest absolute Gasteiger partial charge is 0.244 e. The van der Waals surface area contributed by atoms with Crippen molar-refractivity contribution in [3.8, 4) is 5.75 Å². The number of carbonyl (C=O) groups excluding carboxylic acids is 2. The molecule has 3 aromatic carbocycles. The Kier molecular flexibility index (Phi) is 11.1. The maximum Gasteiger partial charge on any atom is 0.244 e. The van der Waals surface area contributed by atoms with Crippen LogP contribution < -0.4 is 14.4 Å². The molecular formula is C31H39N3O5S. The molecule has 0 saturated heterocycles. The number of nitrogens with one attached hydrogen (secondary N) is 1. The van der Waals surface area contributed by atoms with E-state index in [0.717, 1.165) is 28.1 Å². The van der Waals surface area contributed by atoms with Crippen molar-refractivity contribution in [3.63, 3.8) is 0 Å². The van der Waals surface area contributed by atoms with Gasteiger partial charge in [-0.2, -0.15) is 0 Å². The van der Waals surface area contributed by atoms with Crippen LogP contribution in [0.3, 0.4) is 0 Å². The van der Waals surface area contributed by atoms with Crippen molar-refractivity contribution >= 4 is 27.5 Å². The summed E-state index contributed by atoms with van der Waals surface area (Å²) in [6.45, 7) is 5.83. The summed E-state index contributed by atoms with van der Waals surface area (Å²) in [5.41, 5.74) is 2.19. The van der Waals surface area contributed by atoms with Crippen LogP contribution in [0.1, 0.15) is 44.7 Å². The Labute approximate surface area is 238 Å². The molecule has 3 aromatic rings. The second kappa shape index (κ2) is 14.5. The molecule has 1 N–H and O–H groups in total. The number of amides is 2. The van der Waals surface area contributed by atoms with Gasteiger partial charge in [0.15, 0.2) is 0 Å². The van der Waals surface area contributed by atoms with Gasteiger partial charge in [0.05, 0.1) is 11.9 Å². The van der Waals surface area contributed by atoms with Gasteiger partial charge in [0.1, 0.15) is 24.9 Å². The third-order valence-corrected chi connectivity index (χ3v) is 7.78. The highest BCUT2D eigenvalue weighted by Crippen LogP contribution is 2.23. The molecule has 0 saturated carbocycles. The van der Waals surface area contributed by atoms with E-state index in [1.165, 1.54) is 4.90 Å². The molecule has 0 aliphatic rings. The topological polar surface area (TPSA) is 96.0 Å². The van der Waals surface area contributed by atoms with Crippen LogP contribution in [0.4, 0.5) is 5.69 Å². The summed E-state index contributed by atoms with van der Waals surface area (Å²) in [7, 11) is -3.82. The van der Waals surface area contributed by atoms with Gasteiger partial charge in [-0.05, 0) is 55.2 Å². The number of ether oxygens (including phenoxy) is 1. The molecule has 0 aliphatic carbocycles. The molecule has 0 fully saturated rings. The summed E-state index contributed by atoms with van der Waals surface area (Å²) < 4.78 is 32.6. The molecule has 0 unspecified atom stereocenters. The first-order chi connectivity index (χ1) is 19.1. The molecule has 0 bridgehead atoms. The van der Waals surface area contributed by atoms with Crippen molar-refractivity contribution in [2.75, 3.05) is 17.1 Å². The molecule has 0 spiro atoms. The lowest BCUT2D eigenvalue weighted by atomic mass is 10.1. The molecule has 2 amide bonds. The Morgan fingerprint density at radius 2 is 1.43 bits per heavy atom. The molecule has 3 rings (SSSR count). The van der Waals surface area contributed by atoms with E-state index in [1.807, 2.05) is 81.4 Å². The molecule has 40 heavy (non-hydrogen) atoms. The maximum absolute atomic E-state index is 13.8. The van der Waals surface area contributed by atoms with Crippen LogP contribution in [0.25, 0.3) is 0 Å². The maximum atomic E-state index is 13.8. The first kappa shape index (κ1) is 30.7. The number of carbonyl (C=O) groups is 2. The number of anilines is 1. The zero-order chi connectivity index (χ0) is 29.1. The molecule has 0 aromatic heterocycles. The second-order valence-electron chi connectivity index (χ2n) is 9.79. The van der Waals surface area contributed by atoms with E-state index in [-0.39, 0.29) is 18.5 Å². The minimum Gasteiger partial charge on any atom is -0.489 e. The number of hydrogen-bond acceptors (Lipinski definition) is 5. The van der Waals surface area contributed by atoms with E-state index in [2.05, 4.69) is 5.32 Å².